The number of rotatable bonds is 2. The molecule has 3 nitrogen and oxygen atoms in total. The van der Waals surface area contributed by atoms with E-state index in [2.05, 4.69) is 16.0 Å². The molecule has 1 unspecified atom stereocenters. The van der Waals surface area contributed by atoms with Crippen LogP contribution in [0, 0.1) is 13.8 Å². The third kappa shape index (κ3) is 2.09. The van der Waals surface area contributed by atoms with Crippen LogP contribution in [0.15, 0.2) is 36.8 Å². The van der Waals surface area contributed by atoms with Crippen molar-refractivity contribution < 1.29 is 0 Å². The Morgan fingerprint density at radius 2 is 2.06 bits per heavy atom. The number of hydrogen-bond donors (Lipinski definition) is 1. The molecule has 0 amide bonds. The molecule has 16 heavy (non-hydrogen) atoms. The summed E-state index contributed by atoms with van der Waals surface area (Å²) in [7, 11) is 0. The average molecular weight is 213 g/mol. The van der Waals surface area contributed by atoms with Crippen LogP contribution in [0.1, 0.15) is 28.4 Å². The van der Waals surface area contributed by atoms with Gasteiger partial charge in [-0.15, -0.1) is 0 Å². The Hall–Kier alpha value is -1.74. The van der Waals surface area contributed by atoms with Gasteiger partial charge < -0.3 is 5.73 Å². The number of nitrogens with two attached hydrogens (primary N) is 1. The number of pyridine rings is 2. The lowest BCUT2D eigenvalue weighted by atomic mass is 9.99. The van der Waals surface area contributed by atoms with Crippen molar-refractivity contribution in [2.24, 2.45) is 5.73 Å². The van der Waals surface area contributed by atoms with Crippen LogP contribution in [0.2, 0.25) is 0 Å². The van der Waals surface area contributed by atoms with Gasteiger partial charge in [0, 0.05) is 24.3 Å². The molecular formula is C13H15N3. The van der Waals surface area contributed by atoms with E-state index >= 15 is 0 Å². The zero-order chi connectivity index (χ0) is 11.5. The molecular weight excluding hydrogens is 198 g/mol. The number of hydrogen-bond acceptors (Lipinski definition) is 3. The zero-order valence-corrected chi connectivity index (χ0v) is 9.51. The largest absolute Gasteiger partial charge is 0.320 e. The molecule has 0 fully saturated rings. The van der Waals surface area contributed by atoms with E-state index in [1.165, 1.54) is 0 Å². The third-order valence-corrected chi connectivity index (χ3v) is 2.64. The van der Waals surface area contributed by atoms with E-state index in [1.807, 2.05) is 38.4 Å². The molecule has 2 N–H and O–H groups in total. The molecule has 2 aromatic rings. The van der Waals surface area contributed by atoms with Gasteiger partial charge in [-0.05, 0) is 36.6 Å². The lowest BCUT2D eigenvalue weighted by molar-refractivity contribution is 0.839. The summed E-state index contributed by atoms with van der Waals surface area (Å²) < 4.78 is 0. The summed E-state index contributed by atoms with van der Waals surface area (Å²) >= 11 is 0. The molecule has 0 radical (unpaired) electrons. The van der Waals surface area contributed by atoms with E-state index < -0.39 is 0 Å². The van der Waals surface area contributed by atoms with Crippen LogP contribution < -0.4 is 5.73 Å². The van der Waals surface area contributed by atoms with Gasteiger partial charge in [-0.3, -0.25) is 9.97 Å². The summed E-state index contributed by atoms with van der Waals surface area (Å²) in [6, 6.07) is 5.83. The van der Waals surface area contributed by atoms with E-state index in [-0.39, 0.29) is 6.04 Å². The van der Waals surface area contributed by atoms with Gasteiger partial charge in [0.25, 0.3) is 0 Å². The van der Waals surface area contributed by atoms with Crippen molar-refractivity contribution >= 4 is 0 Å². The minimum atomic E-state index is -0.152. The Balaban J connectivity index is 2.39. The summed E-state index contributed by atoms with van der Waals surface area (Å²) in [6.45, 7) is 3.98. The normalized spacial score (nSPS) is 12.4. The van der Waals surface area contributed by atoms with Crippen LogP contribution in [0.3, 0.4) is 0 Å². The molecule has 0 saturated carbocycles. The molecule has 0 saturated heterocycles. The van der Waals surface area contributed by atoms with Gasteiger partial charge in [-0.1, -0.05) is 12.1 Å². The van der Waals surface area contributed by atoms with Crippen molar-refractivity contribution in [2.45, 2.75) is 19.9 Å². The lowest BCUT2D eigenvalue weighted by Gasteiger charge is -2.14. The summed E-state index contributed by atoms with van der Waals surface area (Å²) in [5, 5.41) is 0. The predicted octanol–water partition coefficient (Wildman–Crippen LogP) is 2.14. The van der Waals surface area contributed by atoms with Gasteiger partial charge in [0.15, 0.2) is 0 Å². The molecule has 82 valence electrons. The number of nitrogens with zero attached hydrogens (tertiary/aromatic N) is 2. The van der Waals surface area contributed by atoms with E-state index in [9.17, 15) is 0 Å². The van der Waals surface area contributed by atoms with Crippen molar-refractivity contribution in [3.8, 4) is 0 Å². The standard InChI is InChI=1S/C13H15N3/c1-9-6-11(8-15-7-9)13(14)12-4-3-5-16-10(12)2/h3-8,13H,14H2,1-2H3. The maximum atomic E-state index is 6.21. The van der Waals surface area contributed by atoms with E-state index in [0.717, 1.165) is 22.4 Å². The first-order valence-electron chi connectivity index (χ1n) is 5.27. The minimum absolute atomic E-state index is 0.152. The molecule has 1 atom stereocenters. The van der Waals surface area contributed by atoms with Gasteiger partial charge >= 0.3 is 0 Å². The zero-order valence-electron chi connectivity index (χ0n) is 9.51. The molecule has 0 aliphatic rings. The summed E-state index contributed by atoms with van der Waals surface area (Å²) in [5.74, 6) is 0. The summed E-state index contributed by atoms with van der Waals surface area (Å²) in [5.41, 5.74) is 10.4. The molecule has 2 heterocycles. The van der Waals surface area contributed by atoms with Gasteiger partial charge in [0.2, 0.25) is 0 Å². The van der Waals surface area contributed by atoms with Crippen LogP contribution in [-0.4, -0.2) is 9.97 Å². The monoisotopic (exact) mass is 213 g/mol. The van der Waals surface area contributed by atoms with Crippen LogP contribution in [-0.2, 0) is 0 Å². The molecule has 0 aliphatic carbocycles. The Kier molecular flexibility index (Phi) is 2.97. The smallest absolute Gasteiger partial charge is 0.0584 e. The second kappa shape index (κ2) is 4.41. The van der Waals surface area contributed by atoms with Crippen molar-refractivity contribution in [2.75, 3.05) is 0 Å². The molecule has 0 bridgehead atoms. The molecule has 0 aromatic carbocycles. The Bertz CT molecular complexity index is 494. The quantitative estimate of drug-likeness (QED) is 0.831. The Morgan fingerprint density at radius 1 is 1.25 bits per heavy atom. The van der Waals surface area contributed by atoms with Gasteiger partial charge in [-0.25, -0.2) is 0 Å². The van der Waals surface area contributed by atoms with Crippen molar-refractivity contribution in [1.29, 1.82) is 0 Å². The van der Waals surface area contributed by atoms with Crippen LogP contribution in [0.4, 0.5) is 0 Å². The number of aryl methyl sites for hydroxylation is 2. The fraction of sp³-hybridized carbons (Fsp3) is 0.231. The van der Waals surface area contributed by atoms with E-state index in [4.69, 9.17) is 5.73 Å². The van der Waals surface area contributed by atoms with Crippen molar-refractivity contribution in [3.63, 3.8) is 0 Å². The highest BCUT2D eigenvalue weighted by Crippen LogP contribution is 2.20. The summed E-state index contributed by atoms with van der Waals surface area (Å²) in [4.78, 5) is 8.41. The van der Waals surface area contributed by atoms with Crippen LogP contribution in [0.5, 0.6) is 0 Å². The molecule has 2 rings (SSSR count). The second-order valence-electron chi connectivity index (χ2n) is 3.95. The second-order valence-corrected chi connectivity index (χ2v) is 3.95. The first-order chi connectivity index (χ1) is 7.68. The minimum Gasteiger partial charge on any atom is -0.320 e. The molecule has 0 aliphatic heterocycles. The predicted molar refractivity (Wildman–Crippen MR) is 64.0 cm³/mol. The maximum absolute atomic E-state index is 6.21. The number of aromatic nitrogens is 2. The van der Waals surface area contributed by atoms with Crippen molar-refractivity contribution in [1.82, 2.24) is 9.97 Å². The molecule has 3 heteroatoms. The van der Waals surface area contributed by atoms with Gasteiger partial charge in [0.05, 0.1) is 6.04 Å². The first kappa shape index (κ1) is 10.8. The lowest BCUT2D eigenvalue weighted by Crippen LogP contribution is -2.14. The van der Waals surface area contributed by atoms with E-state index in [0.29, 0.717) is 0 Å². The third-order valence-electron chi connectivity index (χ3n) is 2.64. The topological polar surface area (TPSA) is 51.8 Å². The Morgan fingerprint density at radius 3 is 2.75 bits per heavy atom. The Labute approximate surface area is 95.4 Å². The maximum Gasteiger partial charge on any atom is 0.0584 e. The summed E-state index contributed by atoms with van der Waals surface area (Å²) in [6.07, 6.45) is 5.41. The average Bonchev–Trinajstić information content (AvgIpc) is 2.29. The fourth-order valence-electron chi connectivity index (χ4n) is 1.75. The molecule has 0 spiro atoms. The van der Waals surface area contributed by atoms with Crippen LogP contribution in [0.25, 0.3) is 0 Å². The highest BCUT2D eigenvalue weighted by Gasteiger charge is 2.11. The highest BCUT2D eigenvalue weighted by molar-refractivity contribution is 5.33. The SMILES string of the molecule is Cc1cncc(C(N)c2cccnc2C)c1. The van der Waals surface area contributed by atoms with Crippen molar-refractivity contribution in [3.05, 3.63) is 59.2 Å². The van der Waals surface area contributed by atoms with E-state index in [1.54, 1.807) is 6.20 Å². The first-order valence-corrected chi connectivity index (χ1v) is 5.27. The van der Waals surface area contributed by atoms with Gasteiger partial charge in [-0.2, -0.15) is 0 Å². The molecule has 2 aromatic heterocycles. The highest BCUT2D eigenvalue weighted by atomic mass is 14.7. The van der Waals surface area contributed by atoms with Crippen LogP contribution >= 0.6 is 0 Å². The van der Waals surface area contributed by atoms with Gasteiger partial charge in [0.1, 0.15) is 0 Å². The fourth-order valence-corrected chi connectivity index (χ4v) is 1.75.